The van der Waals surface area contributed by atoms with Gasteiger partial charge in [-0.05, 0) is 30.3 Å². The predicted molar refractivity (Wildman–Crippen MR) is 180 cm³/mol. The number of amides is 1. The molecule has 0 radical (unpaired) electrons. The van der Waals surface area contributed by atoms with Crippen molar-refractivity contribution in [3.63, 3.8) is 0 Å². The summed E-state index contributed by atoms with van der Waals surface area (Å²) in [5.74, 6) is 0.386. The van der Waals surface area contributed by atoms with Crippen molar-refractivity contribution in [3.8, 4) is 34.3 Å². The van der Waals surface area contributed by atoms with Crippen LogP contribution in [0.15, 0.2) is 97.2 Å². The molecule has 2 aromatic heterocycles. The van der Waals surface area contributed by atoms with E-state index in [0.29, 0.717) is 53.4 Å². The first-order valence-electron chi connectivity index (χ1n) is 15.1. The van der Waals surface area contributed by atoms with Gasteiger partial charge in [-0.3, -0.25) is 4.79 Å². The summed E-state index contributed by atoms with van der Waals surface area (Å²) in [4.78, 5) is 29.0. The van der Waals surface area contributed by atoms with Crippen LogP contribution in [0.1, 0.15) is 27.0 Å². The van der Waals surface area contributed by atoms with Crippen molar-refractivity contribution >= 4 is 33.3 Å². The van der Waals surface area contributed by atoms with Gasteiger partial charge in [0, 0.05) is 54.5 Å². The number of carbonyl (C=O) groups is 2. The number of anilines is 1. The SMILES string of the molecule is CNC(=O)CNCCNc1nn2cc(-c3ccccc3)nc2s1.O=C1OC2(c3ccc(O)cc3Oc3cc(O)ccc32)c2ccccc21. The molecule has 4 heterocycles. The van der Waals surface area contributed by atoms with E-state index in [1.165, 1.54) is 35.6 Å². The minimum atomic E-state index is -1.17. The standard InChI is InChI=1S/C20H12O5.C15H18N6OS/c21-11-5-7-15-17(9-11)24-18-10-12(22)6-8-16(18)20(15)14-4-2-1-3-13(14)19(23)25-20;1-16-13(22)9-17-7-8-18-14-20-21-10-12(19-15(21)23-14)11-5-3-2-4-6-11/h1-10,21-22H;2-6,10,17H,7-9H2,1H3,(H,16,22)(H,18,20). The van der Waals surface area contributed by atoms with E-state index in [1.807, 2.05) is 48.7 Å². The normalized spacial score (nSPS) is 13.4. The number of aromatic hydroxyl groups is 2. The number of benzene rings is 4. The van der Waals surface area contributed by atoms with Gasteiger partial charge in [-0.25, -0.2) is 14.3 Å². The molecule has 0 atom stereocenters. The summed E-state index contributed by atoms with van der Waals surface area (Å²) >= 11 is 1.50. The first-order chi connectivity index (χ1) is 23.4. The maximum absolute atomic E-state index is 12.5. The molecule has 1 amide bonds. The lowest BCUT2D eigenvalue weighted by Crippen LogP contribution is -2.33. The number of rotatable bonds is 7. The Labute approximate surface area is 278 Å². The minimum absolute atomic E-state index is 0.0221. The number of ether oxygens (including phenoxy) is 2. The van der Waals surface area contributed by atoms with Gasteiger partial charge >= 0.3 is 5.97 Å². The van der Waals surface area contributed by atoms with Crippen molar-refractivity contribution in [1.29, 1.82) is 0 Å². The highest BCUT2D eigenvalue weighted by Crippen LogP contribution is 2.56. The Bertz CT molecular complexity index is 2060. The highest BCUT2D eigenvalue weighted by atomic mass is 32.1. The summed E-state index contributed by atoms with van der Waals surface area (Å²) in [5, 5.41) is 33.8. The van der Waals surface area contributed by atoms with Crippen LogP contribution in [0.25, 0.3) is 16.2 Å². The number of carbonyl (C=O) groups excluding carboxylic acids is 2. The number of hydrogen-bond acceptors (Lipinski definition) is 11. The molecule has 0 bridgehead atoms. The predicted octanol–water partition coefficient (Wildman–Crippen LogP) is 4.87. The van der Waals surface area contributed by atoms with E-state index in [9.17, 15) is 19.8 Å². The Morgan fingerprint density at radius 2 is 1.58 bits per heavy atom. The fraction of sp³-hybridized carbons (Fsp3) is 0.143. The number of aromatic nitrogens is 3. The monoisotopic (exact) mass is 662 g/mol. The molecule has 13 heteroatoms. The topological polar surface area (TPSA) is 159 Å². The highest BCUT2D eigenvalue weighted by Gasteiger charge is 2.53. The van der Waals surface area contributed by atoms with Crippen molar-refractivity contribution in [1.82, 2.24) is 25.2 Å². The fourth-order valence-electron chi connectivity index (χ4n) is 5.72. The molecule has 0 aliphatic carbocycles. The second-order valence-electron chi connectivity index (χ2n) is 11.0. The van der Waals surface area contributed by atoms with Crippen LogP contribution in [0.2, 0.25) is 0 Å². The van der Waals surface area contributed by atoms with Gasteiger partial charge in [-0.2, -0.15) is 0 Å². The zero-order valence-electron chi connectivity index (χ0n) is 25.6. The number of fused-ring (bicyclic) bond motifs is 7. The number of esters is 1. The third-order valence-electron chi connectivity index (χ3n) is 7.94. The lowest BCUT2D eigenvalue weighted by molar-refractivity contribution is -0.119. The van der Waals surface area contributed by atoms with Crippen molar-refractivity contribution in [2.24, 2.45) is 0 Å². The van der Waals surface area contributed by atoms with Gasteiger partial charge in [-0.15, -0.1) is 5.10 Å². The van der Waals surface area contributed by atoms with E-state index in [1.54, 1.807) is 35.8 Å². The molecule has 1 spiro atoms. The third-order valence-corrected chi connectivity index (χ3v) is 8.82. The van der Waals surface area contributed by atoms with E-state index in [4.69, 9.17) is 9.47 Å². The van der Waals surface area contributed by atoms with E-state index in [-0.39, 0.29) is 17.4 Å². The summed E-state index contributed by atoms with van der Waals surface area (Å²) in [7, 11) is 1.62. The van der Waals surface area contributed by atoms with Crippen LogP contribution in [0.4, 0.5) is 5.13 Å². The first kappa shape index (κ1) is 30.7. The Morgan fingerprint density at radius 1 is 0.896 bits per heavy atom. The molecular formula is C35H30N6O6S. The van der Waals surface area contributed by atoms with Crippen molar-refractivity contribution < 1.29 is 29.3 Å². The lowest BCUT2D eigenvalue weighted by atomic mass is 9.77. The highest BCUT2D eigenvalue weighted by molar-refractivity contribution is 7.20. The molecule has 12 nitrogen and oxygen atoms in total. The third kappa shape index (κ3) is 5.65. The molecule has 5 N–H and O–H groups in total. The Hall–Kier alpha value is -5.92. The molecule has 6 aromatic rings. The molecular weight excluding hydrogens is 632 g/mol. The maximum atomic E-state index is 12.5. The van der Waals surface area contributed by atoms with Crippen molar-refractivity contribution in [2.75, 3.05) is 32.0 Å². The summed E-state index contributed by atoms with van der Waals surface area (Å²) in [6, 6.07) is 26.6. The summed E-state index contributed by atoms with van der Waals surface area (Å²) < 4.78 is 13.6. The van der Waals surface area contributed by atoms with Gasteiger partial charge < -0.3 is 35.6 Å². The van der Waals surface area contributed by atoms with E-state index >= 15 is 0 Å². The van der Waals surface area contributed by atoms with Gasteiger partial charge in [-0.1, -0.05) is 59.9 Å². The lowest BCUT2D eigenvalue weighted by Gasteiger charge is -2.36. The average molecular weight is 663 g/mol. The van der Waals surface area contributed by atoms with Crippen molar-refractivity contribution in [3.05, 3.63) is 119 Å². The molecule has 0 saturated heterocycles. The van der Waals surface area contributed by atoms with E-state index < -0.39 is 11.6 Å². The Balaban J connectivity index is 0.000000153. The zero-order valence-corrected chi connectivity index (χ0v) is 26.5. The van der Waals surface area contributed by atoms with E-state index in [0.717, 1.165) is 21.3 Å². The Morgan fingerprint density at radius 3 is 2.27 bits per heavy atom. The molecule has 48 heavy (non-hydrogen) atoms. The molecule has 0 fully saturated rings. The number of phenolic OH excluding ortho intramolecular Hbond substituents is 2. The summed E-state index contributed by atoms with van der Waals surface area (Å²) in [5.41, 5.74) is 3.28. The quantitative estimate of drug-likeness (QED) is 0.118. The summed E-state index contributed by atoms with van der Waals surface area (Å²) in [6.45, 7) is 1.70. The number of nitrogens with zero attached hydrogens (tertiary/aromatic N) is 3. The van der Waals surface area contributed by atoms with Crippen LogP contribution in [0.3, 0.4) is 0 Å². The van der Waals surface area contributed by atoms with Gasteiger partial charge in [0.05, 0.1) is 24.0 Å². The van der Waals surface area contributed by atoms with Crippen LogP contribution in [0.5, 0.6) is 23.0 Å². The number of phenols is 2. The Kier molecular flexibility index (Phi) is 8.13. The van der Waals surface area contributed by atoms with Crippen LogP contribution >= 0.6 is 11.3 Å². The summed E-state index contributed by atoms with van der Waals surface area (Å²) in [6.07, 6.45) is 1.93. The second kappa shape index (κ2) is 12.7. The number of imidazole rings is 1. The number of nitrogens with one attached hydrogen (secondary N) is 3. The van der Waals surface area contributed by atoms with Gasteiger partial charge in [0.1, 0.15) is 23.0 Å². The largest absolute Gasteiger partial charge is 0.508 e. The molecule has 2 aliphatic heterocycles. The smallest absolute Gasteiger partial charge is 0.340 e. The van der Waals surface area contributed by atoms with Gasteiger partial charge in [0.25, 0.3) is 0 Å². The van der Waals surface area contributed by atoms with Gasteiger partial charge in [0.2, 0.25) is 16.0 Å². The zero-order chi connectivity index (χ0) is 33.3. The van der Waals surface area contributed by atoms with Crippen LogP contribution in [0, 0.1) is 0 Å². The molecule has 0 unspecified atom stereocenters. The van der Waals surface area contributed by atoms with Crippen molar-refractivity contribution in [2.45, 2.75) is 5.60 Å². The number of likely N-dealkylation sites (N-methyl/N-ethyl adjacent to an activating group) is 1. The maximum Gasteiger partial charge on any atom is 0.340 e. The average Bonchev–Trinajstić information content (AvgIpc) is 3.76. The molecule has 8 rings (SSSR count). The van der Waals surface area contributed by atoms with Crippen LogP contribution in [-0.4, -0.2) is 63.4 Å². The minimum Gasteiger partial charge on any atom is -0.508 e. The van der Waals surface area contributed by atoms with Gasteiger partial charge in [0.15, 0.2) is 5.60 Å². The molecule has 4 aromatic carbocycles. The second-order valence-corrected chi connectivity index (χ2v) is 11.9. The van der Waals surface area contributed by atoms with Crippen LogP contribution in [-0.2, 0) is 15.1 Å². The fourth-order valence-corrected chi connectivity index (χ4v) is 6.53. The van der Waals surface area contributed by atoms with E-state index in [2.05, 4.69) is 26.0 Å². The molecule has 2 aliphatic rings. The molecule has 0 saturated carbocycles. The first-order valence-corrected chi connectivity index (χ1v) is 15.9. The number of hydrogen-bond donors (Lipinski definition) is 5. The van der Waals surface area contributed by atoms with Crippen LogP contribution < -0.4 is 20.7 Å². The molecule has 242 valence electrons.